The molecule has 7 heteroatoms. The lowest BCUT2D eigenvalue weighted by atomic mass is 10.1. The molecule has 0 radical (unpaired) electrons. The van der Waals surface area contributed by atoms with E-state index in [2.05, 4.69) is 42.4 Å². The summed E-state index contributed by atoms with van der Waals surface area (Å²) >= 11 is 0. The highest BCUT2D eigenvalue weighted by atomic mass is 127. The average molecular weight is 504 g/mol. The first-order valence-electron chi connectivity index (χ1n) is 10.2. The monoisotopic (exact) mass is 504 g/mol. The first-order valence-corrected chi connectivity index (χ1v) is 10.2. The van der Waals surface area contributed by atoms with E-state index in [1.54, 1.807) is 0 Å². The van der Waals surface area contributed by atoms with Crippen LogP contribution >= 0.6 is 24.0 Å². The van der Waals surface area contributed by atoms with Crippen LogP contribution in [-0.4, -0.2) is 63.4 Å². The van der Waals surface area contributed by atoms with E-state index in [-0.39, 0.29) is 24.0 Å². The predicted molar refractivity (Wildman–Crippen MR) is 127 cm³/mol. The predicted octanol–water partition coefficient (Wildman–Crippen LogP) is 3.12. The number of hydrogen-bond donors (Lipinski definition) is 2. The molecule has 0 saturated carbocycles. The van der Waals surface area contributed by atoms with Crippen LogP contribution in [0.4, 0.5) is 0 Å². The molecule has 1 aromatic carbocycles. The number of aliphatic imine (C=N–C) groups is 1. The number of hydrogen-bond acceptors (Lipinski definition) is 4. The van der Waals surface area contributed by atoms with Gasteiger partial charge in [-0.15, -0.1) is 24.0 Å². The summed E-state index contributed by atoms with van der Waals surface area (Å²) in [6.07, 6.45) is 1.06. The lowest BCUT2D eigenvalue weighted by Gasteiger charge is -2.26. The van der Waals surface area contributed by atoms with Crippen LogP contribution in [-0.2, 0) is 11.3 Å². The zero-order valence-electron chi connectivity index (χ0n) is 17.6. The molecule has 1 fully saturated rings. The molecule has 2 rings (SSSR count). The van der Waals surface area contributed by atoms with Crippen LogP contribution in [0.2, 0.25) is 0 Å². The Morgan fingerprint density at radius 1 is 1.21 bits per heavy atom. The van der Waals surface area contributed by atoms with Crippen molar-refractivity contribution < 1.29 is 9.47 Å². The number of halogens is 1. The van der Waals surface area contributed by atoms with Gasteiger partial charge in [0.2, 0.25) is 0 Å². The van der Waals surface area contributed by atoms with Crippen molar-refractivity contribution >= 4 is 29.9 Å². The van der Waals surface area contributed by atoms with E-state index in [0.717, 1.165) is 76.2 Å². The molecule has 0 unspecified atom stereocenters. The van der Waals surface area contributed by atoms with Gasteiger partial charge >= 0.3 is 0 Å². The van der Waals surface area contributed by atoms with Gasteiger partial charge in [0.1, 0.15) is 5.75 Å². The molecule has 1 heterocycles. The van der Waals surface area contributed by atoms with Crippen LogP contribution in [0.25, 0.3) is 0 Å². The third kappa shape index (κ3) is 9.93. The minimum Gasteiger partial charge on any atom is -0.493 e. The summed E-state index contributed by atoms with van der Waals surface area (Å²) in [6, 6.07) is 8.18. The Bertz CT molecular complexity index is 563. The first-order chi connectivity index (χ1) is 13.2. The highest BCUT2D eigenvalue weighted by Crippen LogP contribution is 2.19. The van der Waals surface area contributed by atoms with Gasteiger partial charge in [-0.2, -0.15) is 0 Å². The summed E-state index contributed by atoms with van der Waals surface area (Å²) in [5, 5.41) is 6.75. The van der Waals surface area contributed by atoms with Crippen LogP contribution in [0, 0.1) is 5.92 Å². The summed E-state index contributed by atoms with van der Waals surface area (Å²) in [7, 11) is 0. The highest BCUT2D eigenvalue weighted by molar-refractivity contribution is 14.0. The second kappa shape index (κ2) is 14.9. The van der Waals surface area contributed by atoms with Crippen molar-refractivity contribution in [3.05, 3.63) is 29.8 Å². The van der Waals surface area contributed by atoms with Gasteiger partial charge in [0, 0.05) is 38.3 Å². The Morgan fingerprint density at radius 3 is 2.68 bits per heavy atom. The van der Waals surface area contributed by atoms with E-state index in [0.29, 0.717) is 12.5 Å². The van der Waals surface area contributed by atoms with Gasteiger partial charge in [0.25, 0.3) is 0 Å². The maximum absolute atomic E-state index is 5.97. The summed E-state index contributed by atoms with van der Waals surface area (Å²) < 4.78 is 11.4. The fraction of sp³-hybridized carbons (Fsp3) is 0.667. The zero-order valence-corrected chi connectivity index (χ0v) is 19.9. The van der Waals surface area contributed by atoms with Gasteiger partial charge in [0.05, 0.1) is 26.4 Å². The molecule has 1 aromatic rings. The van der Waals surface area contributed by atoms with Crippen LogP contribution in [0.5, 0.6) is 5.75 Å². The molecule has 0 aliphatic carbocycles. The maximum atomic E-state index is 5.97. The van der Waals surface area contributed by atoms with E-state index < -0.39 is 0 Å². The molecular weight excluding hydrogens is 467 g/mol. The molecule has 0 amide bonds. The van der Waals surface area contributed by atoms with Crippen LogP contribution in [0.1, 0.15) is 32.8 Å². The van der Waals surface area contributed by atoms with Crippen molar-refractivity contribution in [2.45, 2.75) is 33.7 Å². The fourth-order valence-corrected chi connectivity index (χ4v) is 2.84. The lowest BCUT2D eigenvalue weighted by Crippen LogP contribution is -2.44. The smallest absolute Gasteiger partial charge is 0.191 e. The maximum Gasteiger partial charge on any atom is 0.191 e. The Kier molecular flexibility index (Phi) is 13.3. The standard InChI is InChI=1S/C21H36N4O2.HI/c1-4-22-21(23-10-11-25-12-15-26-16-13-25)24-17-19-7-5-6-8-20(19)27-14-9-18(2)3;/h5-8,18H,4,9-17H2,1-3H3,(H2,22,23,24);1H. The van der Waals surface area contributed by atoms with E-state index in [1.165, 1.54) is 0 Å². The second-order valence-corrected chi connectivity index (χ2v) is 7.21. The molecule has 6 nitrogen and oxygen atoms in total. The molecule has 28 heavy (non-hydrogen) atoms. The summed E-state index contributed by atoms with van der Waals surface area (Å²) in [4.78, 5) is 7.16. The number of morpholine rings is 1. The molecule has 2 N–H and O–H groups in total. The molecule has 0 spiro atoms. The fourth-order valence-electron chi connectivity index (χ4n) is 2.84. The van der Waals surface area contributed by atoms with Gasteiger partial charge < -0.3 is 20.1 Å². The quantitative estimate of drug-likeness (QED) is 0.292. The van der Waals surface area contributed by atoms with E-state index in [9.17, 15) is 0 Å². The van der Waals surface area contributed by atoms with Crippen LogP contribution in [0.3, 0.4) is 0 Å². The van der Waals surface area contributed by atoms with Gasteiger partial charge in [0.15, 0.2) is 5.96 Å². The lowest BCUT2D eigenvalue weighted by molar-refractivity contribution is 0.0389. The van der Waals surface area contributed by atoms with E-state index in [1.807, 2.05) is 18.2 Å². The van der Waals surface area contributed by atoms with Gasteiger partial charge in [-0.25, -0.2) is 4.99 Å². The van der Waals surface area contributed by atoms with Crippen LogP contribution < -0.4 is 15.4 Å². The van der Waals surface area contributed by atoms with E-state index >= 15 is 0 Å². The minimum atomic E-state index is 0. The molecule has 0 bridgehead atoms. The number of benzene rings is 1. The van der Waals surface area contributed by atoms with Crippen LogP contribution in [0.15, 0.2) is 29.3 Å². The van der Waals surface area contributed by atoms with Crippen molar-refractivity contribution in [3.63, 3.8) is 0 Å². The van der Waals surface area contributed by atoms with Gasteiger partial charge in [-0.05, 0) is 25.3 Å². The number of nitrogens with zero attached hydrogens (tertiary/aromatic N) is 2. The molecular formula is C21H37IN4O2. The number of rotatable bonds is 10. The van der Waals surface area contributed by atoms with Crippen molar-refractivity contribution in [3.8, 4) is 5.75 Å². The molecule has 1 saturated heterocycles. The van der Waals surface area contributed by atoms with E-state index in [4.69, 9.17) is 14.5 Å². The second-order valence-electron chi connectivity index (χ2n) is 7.21. The zero-order chi connectivity index (χ0) is 19.3. The van der Waals surface area contributed by atoms with Gasteiger partial charge in [-0.1, -0.05) is 32.0 Å². The third-order valence-corrected chi connectivity index (χ3v) is 4.50. The molecule has 0 aromatic heterocycles. The minimum absolute atomic E-state index is 0. The highest BCUT2D eigenvalue weighted by Gasteiger charge is 2.10. The normalized spacial score (nSPS) is 15.2. The van der Waals surface area contributed by atoms with Gasteiger partial charge in [-0.3, -0.25) is 4.90 Å². The molecule has 160 valence electrons. The third-order valence-electron chi connectivity index (χ3n) is 4.50. The Morgan fingerprint density at radius 2 is 1.96 bits per heavy atom. The first kappa shape index (κ1) is 25.0. The summed E-state index contributed by atoms with van der Waals surface area (Å²) in [6.45, 7) is 14.3. The van der Waals surface area contributed by atoms with Crippen molar-refractivity contribution in [2.24, 2.45) is 10.9 Å². The largest absolute Gasteiger partial charge is 0.493 e. The number of ether oxygens (including phenoxy) is 2. The molecule has 1 aliphatic rings. The number of para-hydroxylation sites is 1. The average Bonchev–Trinajstić information content (AvgIpc) is 2.67. The molecule has 0 atom stereocenters. The summed E-state index contributed by atoms with van der Waals surface area (Å²) in [5.74, 6) is 2.43. The Hall–Kier alpha value is -1.06. The summed E-state index contributed by atoms with van der Waals surface area (Å²) in [5.41, 5.74) is 1.12. The Labute approximate surface area is 187 Å². The number of guanidine groups is 1. The SMILES string of the molecule is CCNC(=NCc1ccccc1OCCC(C)C)NCCN1CCOCC1.I. The topological polar surface area (TPSA) is 58.1 Å². The van der Waals surface area contributed by atoms with Crippen molar-refractivity contribution in [1.82, 2.24) is 15.5 Å². The molecule has 1 aliphatic heterocycles. The number of nitrogens with one attached hydrogen (secondary N) is 2. The van der Waals surface area contributed by atoms with Crippen molar-refractivity contribution in [2.75, 3.05) is 52.5 Å². The Balaban J connectivity index is 0.00000392. The van der Waals surface area contributed by atoms with Crippen molar-refractivity contribution in [1.29, 1.82) is 0 Å².